The molecule has 4 heteroatoms. The van der Waals surface area contributed by atoms with Crippen LogP contribution < -0.4 is 5.32 Å². The smallest absolute Gasteiger partial charge is 0.177 e. The van der Waals surface area contributed by atoms with E-state index in [0.717, 1.165) is 37.3 Å². The highest BCUT2D eigenvalue weighted by atomic mass is 16.5. The van der Waals surface area contributed by atoms with Crippen LogP contribution in [0.2, 0.25) is 0 Å². The average Bonchev–Trinajstić information content (AvgIpc) is 2.74. The first-order valence-corrected chi connectivity index (χ1v) is 5.59. The number of nitrogens with zero attached hydrogens (tertiary/aromatic N) is 2. The standard InChI is InChI=1S/C12H14N3O/c1-2-4-12-11(3-1)14-9-15(12)8-10-7-13-5-6-16-10/h1-4,10,13H,5-8H2. The summed E-state index contributed by atoms with van der Waals surface area (Å²) in [6, 6.07) is 8.08. The summed E-state index contributed by atoms with van der Waals surface area (Å²) in [6.07, 6.45) is 3.24. The summed E-state index contributed by atoms with van der Waals surface area (Å²) in [5.41, 5.74) is 2.11. The van der Waals surface area contributed by atoms with Gasteiger partial charge in [0, 0.05) is 13.1 Å². The molecule has 1 aliphatic heterocycles. The molecular formula is C12H14N3O. The van der Waals surface area contributed by atoms with Gasteiger partial charge in [-0.15, -0.1) is 0 Å². The molecule has 1 aliphatic rings. The third-order valence-corrected chi connectivity index (χ3v) is 2.85. The molecule has 1 saturated heterocycles. The number of ether oxygens (including phenoxy) is 1. The van der Waals surface area contributed by atoms with Crippen molar-refractivity contribution in [1.29, 1.82) is 0 Å². The summed E-state index contributed by atoms with van der Waals surface area (Å²) >= 11 is 0. The molecule has 2 heterocycles. The van der Waals surface area contributed by atoms with E-state index < -0.39 is 0 Å². The zero-order valence-corrected chi connectivity index (χ0v) is 9.02. The molecule has 1 fully saturated rings. The maximum absolute atomic E-state index is 5.67. The molecule has 2 aromatic rings. The molecule has 0 amide bonds. The predicted octanol–water partition coefficient (Wildman–Crippen LogP) is 0.825. The summed E-state index contributed by atoms with van der Waals surface area (Å²) in [5.74, 6) is 0. The molecule has 16 heavy (non-hydrogen) atoms. The van der Waals surface area contributed by atoms with Gasteiger partial charge in [-0.1, -0.05) is 12.1 Å². The van der Waals surface area contributed by atoms with Crippen LogP contribution in [-0.4, -0.2) is 35.4 Å². The average molecular weight is 216 g/mol. The van der Waals surface area contributed by atoms with Gasteiger partial charge in [-0.25, -0.2) is 4.98 Å². The van der Waals surface area contributed by atoms with Crippen molar-refractivity contribution in [3.05, 3.63) is 30.6 Å². The summed E-state index contributed by atoms with van der Waals surface area (Å²) in [5, 5.41) is 3.32. The fourth-order valence-corrected chi connectivity index (χ4v) is 2.03. The maximum atomic E-state index is 5.67. The van der Waals surface area contributed by atoms with Gasteiger partial charge in [0.05, 0.1) is 30.3 Å². The van der Waals surface area contributed by atoms with Crippen LogP contribution in [0.15, 0.2) is 24.3 Å². The van der Waals surface area contributed by atoms with Gasteiger partial charge >= 0.3 is 0 Å². The van der Waals surface area contributed by atoms with Crippen LogP contribution >= 0.6 is 0 Å². The first-order chi connectivity index (χ1) is 7.93. The molecule has 4 nitrogen and oxygen atoms in total. The van der Waals surface area contributed by atoms with Crippen LogP contribution in [0.1, 0.15) is 0 Å². The van der Waals surface area contributed by atoms with Gasteiger partial charge < -0.3 is 14.6 Å². The lowest BCUT2D eigenvalue weighted by Crippen LogP contribution is -2.40. The molecule has 83 valence electrons. The van der Waals surface area contributed by atoms with Crippen LogP contribution in [0.3, 0.4) is 0 Å². The van der Waals surface area contributed by atoms with E-state index in [9.17, 15) is 0 Å². The van der Waals surface area contributed by atoms with Crippen molar-refractivity contribution in [2.24, 2.45) is 0 Å². The number of aromatic nitrogens is 2. The second-order valence-electron chi connectivity index (χ2n) is 4.01. The van der Waals surface area contributed by atoms with Gasteiger partial charge in [0.1, 0.15) is 0 Å². The van der Waals surface area contributed by atoms with Gasteiger partial charge in [0.25, 0.3) is 0 Å². The number of hydrogen-bond acceptors (Lipinski definition) is 3. The van der Waals surface area contributed by atoms with E-state index in [1.165, 1.54) is 0 Å². The second kappa shape index (κ2) is 4.23. The number of para-hydroxylation sites is 2. The second-order valence-corrected chi connectivity index (χ2v) is 4.01. The summed E-state index contributed by atoms with van der Waals surface area (Å²) in [7, 11) is 0. The van der Waals surface area contributed by atoms with E-state index in [0.29, 0.717) is 0 Å². The highest BCUT2D eigenvalue weighted by Gasteiger charge is 2.15. The van der Waals surface area contributed by atoms with Crippen molar-refractivity contribution < 1.29 is 4.74 Å². The molecule has 1 aromatic carbocycles. The maximum Gasteiger partial charge on any atom is 0.177 e. The van der Waals surface area contributed by atoms with Crippen molar-refractivity contribution in [2.75, 3.05) is 19.7 Å². The molecule has 0 saturated carbocycles. The third-order valence-electron chi connectivity index (χ3n) is 2.85. The molecule has 1 unspecified atom stereocenters. The van der Waals surface area contributed by atoms with Crippen LogP contribution in [0, 0.1) is 6.33 Å². The van der Waals surface area contributed by atoms with Crippen LogP contribution in [0.4, 0.5) is 0 Å². The number of imidazole rings is 1. The number of hydrogen-bond donors (Lipinski definition) is 1. The number of morpholine rings is 1. The van der Waals surface area contributed by atoms with Crippen molar-refractivity contribution in [3.63, 3.8) is 0 Å². The number of fused-ring (bicyclic) bond motifs is 1. The number of benzene rings is 1. The molecule has 0 aliphatic carbocycles. The predicted molar refractivity (Wildman–Crippen MR) is 61.2 cm³/mol. The highest BCUT2D eigenvalue weighted by Crippen LogP contribution is 2.12. The van der Waals surface area contributed by atoms with Crippen molar-refractivity contribution in [1.82, 2.24) is 14.9 Å². The monoisotopic (exact) mass is 216 g/mol. The van der Waals surface area contributed by atoms with Crippen molar-refractivity contribution in [2.45, 2.75) is 12.6 Å². The lowest BCUT2D eigenvalue weighted by Gasteiger charge is -2.23. The van der Waals surface area contributed by atoms with E-state index in [2.05, 4.69) is 22.7 Å². The Morgan fingerprint density at radius 1 is 1.50 bits per heavy atom. The van der Waals surface area contributed by atoms with Crippen LogP contribution in [-0.2, 0) is 11.3 Å². The minimum atomic E-state index is 0.225. The molecule has 0 spiro atoms. The highest BCUT2D eigenvalue weighted by molar-refractivity contribution is 5.74. The van der Waals surface area contributed by atoms with Gasteiger partial charge in [-0.05, 0) is 12.1 Å². The molecule has 1 aromatic heterocycles. The Balaban J connectivity index is 1.83. The summed E-state index contributed by atoms with van der Waals surface area (Å²) in [6.45, 7) is 3.45. The van der Waals surface area contributed by atoms with Gasteiger partial charge in [0.15, 0.2) is 6.33 Å². The molecule has 1 atom stereocenters. The van der Waals surface area contributed by atoms with Crippen molar-refractivity contribution in [3.8, 4) is 0 Å². The van der Waals surface area contributed by atoms with Gasteiger partial charge in [-0.2, -0.15) is 0 Å². The Morgan fingerprint density at radius 2 is 2.44 bits per heavy atom. The molecular weight excluding hydrogens is 202 g/mol. The minimum absolute atomic E-state index is 0.225. The summed E-state index contributed by atoms with van der Waals surface area (Å²) < 4.78 is 7.70. The fraction of sp³-hybridized carbons (Fsp3) is 0.417. The third kappa shape index (κ3) is 1.81. The lowest BCUT2D eigenvalue weighted by atomic mass is 10.3. The number of rotatable bonds is 2. The molecule has 0 bridgehead atoms. The Bertz CT molecular complexity index is 474. The Kier molecular flexibility index (Phi) is 2.60. The molecule has 1 radical (unpaired) electrons. The Labute approximate surface area is 94.2 Å². The SMILES string of the molecule is [c]1nc2ccccc2n1CC1CNCCO1. The zero-order chi connectivity index (χ0) is 10.8. The van der Waals surface area contributed by atoms with Gasteiger partial charge in [0.2, 0.25) is 0 Å². The first-order valence-electron chi connectivity index (χ1n) is 5.59. The van der Waals surface area contributed by atoms with Crippen molar-refractivity contribution >= 4 is 11.0 Å². The van der Waals surface area contributed by atoms with E-state index in [4.69, 9.17) is 4.74 Å². The summed E-state index contributed by atoms with van der Waals surface area (Å²) in [4.78, 5) is 4.25. The van der Waals surface area contributed by atoms with E-state index in [1.807, 2.05) is 22.8 Å². The quantitative estimate of drug-likeness (QED) is 0.808. The minimum Gasteiger partial charge on any atom is -0.374 e. The lowest BCUT2D eigenvalue weighted by molar-refractivity contribution is 0.0187. The largest absolute Gasteiger partial charge is 0.374 e. The van der Waals surface area contributed by atoms with Crippen LogP contribution in [0.5, 0.6) is 0 Å². The van der Waals surface area contributed by atoms with E-state index in [-0.39, 0.29) is 6.10 Å². The van der Waals surface area contributed by atoms with Crippen LogP contribution in [0.25, 0.3) is 11.0 Å². The van der Waals surface area contributed by atoms with E-state index in [1.54, 1.807) is 0 Å². The first kappa shape index (κ1) is 9.81. The Morgan fingerprint density at radius 3 is 3.31 bits per heavy atom. The topological polar surface area (TPSA) is 39.1 Å². The zero-order valence-electron chi connectivity index (χ0n) is 9.02. The molecule has 1 N–H and O–H groups in total. The number of nitrogens with one attached hydrogen (secondary N) is 1. The molecule has 3 rings (SSSR count). The Hall–Kier alpha value is -1.39. The fourth-order valence-electron chi connectivity index (χ4n) is 2.03. The van der Waals surface area contributed by atoms with Gasteiger partial charge in [-0.3, -0.25) is 0 Å². The van der Waals surface area contributed by atoms with E-state index >= 15 is 0 Å². The normalized spacial score (nSPS) is 21.4.